The van der Waals surface area contributed by atoms with Crippen LogP contribution in [-0.2, 0) is 4.79 Å². The van der Waals surface area contributed by atoms with Crippen molar-refractivity contribution in [3.05, 3.63) is 29.8 Å². The maximum atomic E-state index is 10.9. The Morgan fingerprint density at radius 1 is 1.28 bits per heavy atom. The lowest BCUT2D eigenvalue weighted by Crippen LogP contribution is -2.15. The molecule has 1 aromatic carbocycles. The standard InChI is InChI=1S/C15H20O3/c1-10(2)11-3-6-13(7-4-11)18-14-8-5-12(9-14)15(16)17/h3-4,6-7,10,12,14H,5,8-9H2,1-2H3,(H,16,17). The van der Waals surface area contributed by atoms with Crippen molar-refractivity contribution in [3.8, 4) is 5.75 Å². The second kappa shape index (κ2) is 5.42. The van der Waals surface area contributed by atoms with Crippen molar-refractivity contribution in [1.29, 1.82) is 0 Å². The minimum atomic E-state index is -0.698. The molecular weight excluding hydrogens is 228 g/mol. The number of carboxylic acid groups (broad SMARTS) is 1. The van der Waals surface area contributed by atoms with E-state index in [1.807, 2.05) is 12.1 Å². The lowest BCUT2D eigenvalue weighted by molar-refractivity contribution is -0.141. The van der Waals surface area contributed by atoms with Gasteiger partial charge in [0.2, 0.25) is 0 Å². The molecule has 0 bridgehead atoms. The van der Waals surface area contributed by atoms with Gasteiger partial charge in [-0.2, -0.15) is 0 Å². The highest BCUT2D eigenvalue weighted by molar-refractivity contribution is 5.70. The van der Waals surface area contributed by atoms with Crippen LogP contribution in [0.3, 0.4) is 0 Å². The van der Waals surface area contributed by atoms with Crippen LogP contribution in [-0.4, -0.2) is 17.2 Å². The number of hydrogen-bond acceptors (Lipinski definition) is 2. The molecule has 1 aliphatic rings. The first-order valence-corrected chi connectivity index (χ1v) is 6.55. The van der Waals surface area contributed by atoms with E-state index in [1.54, 1.807) is 0 Å². The fourth-order valence-corrected chi connectivity index (χ4v) is 2.40. The van der Waals surface area contributed by atoms with Crippen LogP contribution in [0.2, 0.25) is 0 Å². The third kappa shape index (κ3) is 3.03. The molecule has 1 aliphatic carbocycles. The van der Waals surface area contributed by atoms with Gasteiger partial charge in [-0.1, -0.05) is 26.0 Å². The molecule has 0 heterocycles. The maximum absolute atomic E-state index is 10.9. The highest BCUT2D eigenvalue weighted by Gasteiger charge is 2.30. The van der Waals surface area contributed by atoms with E-state index in [2.05, 4.69) is 26.0 Å². The van der Waals surface area contributed by atoms with E-state index < -0.39 is 5.97 Å². The van der Waals surface area contributed by atoms with Crippen molar-refractivity contribution in [2.45, 2.75) is 45.1 Å². The molecule has 98 valence electrons. The molecule has 2 unspecified atom stereocenters. The lowest BCUT2D eigenvalue weighted by atomic mass is 10.0. The summed E-state index contributed by atoms with van der Waals surface area (Å²) in [4.78, 5) is 10.9. The Hall–Kier alpha value is -1.51. The zero-order chi connectivity index (χ0) is 13.1. The Balaban J connectivity index is 1.92. The first-order chi connectivity index (χ1) is 8.56. The Labute approximate surface area is 108 Å². The summed E-state index contributed by atoms with van der Waals surface area (Å²) in [5, 5.41) is 8.94. The van der Waals surface area contributed by atoms with Crippen LogP contribution in [0.5, 0.6) is 5.75 Å². The molecule has 0 aliphatic heterocycles. The number of benzene rings is 1. The summed E-state index contributed by atoms with van der Waals surface area (Å²) in [6, 6.07) is 8.10. The maximum Gasteiger partial charge on any atom is 0.306 e. The molecule has 2 atom stereocenters. The van der Waals surface area contributed by atoms with E-state index in [4.69, 9.17) is 9.84 Å². The Morgan fingerprint density at radius 2 is 1.94 bits per heavy atom. The van der Waals surface area contributed by atoms with Gasteiger partial charge in [0, 0.05) is 0 Å². The summed E-state index contributed by atoms with van der Waals surface area (Å²) in [5.74, 6) is 0.429. The van der Waals surface area contributed by atoms with Crippen molar-refractivity contribution in [3.63, 3.8) is 0 Å². The topological polar surface area (TPSA) is 46.5 Å². The number of aliphatic carboxylic acids is 1. The highest BCUT2D eigenvalue weighted by atomic mass is 16.5. The fourth-order valence-electron chi connectivity index (χ4n) is 2.40. The van der Waals surface area contributed by atoms with Crippen LogP contribution in [0.15, 0.2) is 24.3 Å². The van der Waals surface area contributed by atoms with Gasteiger partial charge in [0.05, 0.1) is 12.0 Å². The van der Waals surface area contributed by atoms with E-state index >= 15 is 0 Å². The van der Waals surface area contributed by atoms with Gasteiger partial charge in [0.25, 0.3) is 0 Å². The normalized spacial score (nSPS) is 23.3. The van der Waals surface area contributed by atoms with Gasteiger partial charge in [-0.3, -0.25) is 4.79 Å². The molecule has 1 saturated carbocycles. The van der Waals surface area contributed by atoms with Crippen molar-refractivity contribution in [2.24, 2.45) is 5.92 Å². The molecule has 1 fully saturated rings. The van der Waals surface area contributed by atoms with Gasteiger partial charge >= 0.3 is 5.97 Å². The summed E-state index contributed by atoms with van der Waals surface area (Å²) >= 11 is 0. The van der Waals surface area contributed by atoms with Crippen molar-refractivity contribution >= 4 is 5.97 Å². The smallest absolute Gasteiger partial charge is 0.306 e. The summed E-state index contributed by atoms with van der Waals surface area (Å²) in [5.41, 5.74) is 1.29. The minimum absolute atomic E-state index is 0.0519. The third-order valence-electron chi connectivity index (χ3n) is 3.58. The molecule has 1 aromatic rings. The summed E-state index contributed by atoms with van der Waals surface area (Å²) in [7, 11) is 0. The van der Waals surface area contributed by atoms with Gasteiger partial charge in [-0.15, -0.1) is 0 Å². The minimum Gasteiger partial charge on any atom is -0.490 e. The van der Waals surface area contributed by atoms with E-state index in [0.29, 0.717) is 12.3 Å². The molecular formula is C15H20O3. The number of hydrogen-bond donors (Lipinski definition) is 1. The van der Waals surface area contributed by atoms with Gasteiger partial charge in [-0.25, -0.2) is 0 Å². The molecule has 0 amide bonds. The Kier molecular flexibility index (Phi) is 3.90. The number of carbonyl (C=O) groups is 1. The van der Waals surface area contributed by atoms with Gasteiger partial charge < -0.3 is 9.84 Å². The lowest BCUT2D eigenvalue weighted by Gasteiger charge is -2.14. The summed E-state index contributed by atoms with van der Waals surface area (Å²) < 4.78 is 5.83. The monoisotopic (exact) mass is 248 g/mol. The fraction of sp³-hybridized carbons (Fsp3) is 0.533. The first kappa shape index (κ1) is 12.9. The van der Waals surface area contributed by atoms with Crippen molar-refractivity contribution in [2.75, 3.05) is 0 Å². The van der Waals surface area contributed by atoms with E-state index in [9.17, 15) is 4.79 Å². The molecule has 0 radical (unpaired) electrons. The third-order valence-corrected chi connectivity index (χ3v) is 3.58. The summed E-state index contributed by atoms with van der Waals surface area (Å²) in [6.07, 6.45) is 2.24. The molecule has 0 aromatic heterocycles. The van der Waals surface area contributed by atoms with Crippen LogP contribution in [0.25, 0.3) is 0 Å². The van der Waals surface area contributed by atoms with Crippen LogP contribution in [0.1, 0.15) is 44.6 Å². The van der Waals surface area contributed by atoms with Crippen LogP contribution in [0, 0.1) is 5.92 Å². The van der Waals surface area contributed by atoms with Gasteiger partial charge in [0.1, 0.15) is 5.75 Å². The molecule has 0 spiro atoms. The quantitative estimate of drug-likeness (QED) is 0.887. The van der Waals surface area contributed by atoms with E-state index in [1.165, 1.54) is 5.56 Å². The Morgan fingerprint density at radius 3 is 2.44 bits per heavy atom. The average Bonchev–Trinajstić information content (AvgIpc) is 2.78. The zero-order valence-corrected chi connectivity index (χ0v) is 10.9. The molecule has 18 heavy (non-hydrogen) atoms. The number of ether oxygens (including phenoxy) is 1. The highest BCUT2D eigenvalue weighted by Crippen LogP contribution is 2.29. The molecule has 3 nitrogen and oxygen atoms in total. The molecule has 1 N–H and O–H groups in total. The van der Waals surface area contributed by atoms with E-state index in [-0.39, 0.29) is 12.0 Å². The SMILES string of the molecule is CC(C)c1ccc(OC2CCC(C(=O)O)C2)cc1. The molecule has 3 heteroatoms. The summed E-state index contributed by atoms with van der Waals surface area (Å²) in [6.45, 7) is 4.31. The predicted molar refractivity (Wildman–Crippen MR) is 69.9 cm³/mol. The second-order valence-corrected chi connectivity index (χ2v) is 5.31. The van der Waals surface area contributed by atoms with Gasteiger partial charge in [0.15, 0.2) is 0 Å². The average molecular weight is 248 g/mol. The van der Waals surface area contributed by atoms with Crippen molar-refractivity contribution in [1.82, 2.24) is 0 Å². The van der Waals surface area contributed by atoms with Crippen molar-refractivity contribution < 1.29 is 14.6 Å². The second-order valence-electron chi connectivity index (χ2n) is 5.31. The van der Waals surface area contributed by atoms with Gasteiger partial charge in [-0.05, 0) is 42.9 Å². The number of carboxylic acids is 1. The molecule has 0 saturated heterocycles. The zero-order valence-electron chi connectivity index (χ0n) is 10.9. The Bertz CT molecular complexity index is 408. The van der Waals surface area contributed by atoms with Crippen LogP contribution >= 0.6 is 0 Å². The number of rotatable bonds is 4. The van der Waals surface area contributed by atoms with Crippen LogP contribution in [0.4, 0.5) is 0 Å². The predicted octanol–water partition coefficient (Wildman–Crippen LogP) is 3.44. The first-order valence-electron chi connectivity index (χ1n) is 6.55. The largest absolute Gasteiger partial charge is 0.490 e. The van der Waals surface area contributed by atoms with Crippen LogP contribution < -0.4 is 4.74 Å². The molecule has 2 rings (SSSR count). The van der Waals surface area contributed by atoms with E-state index in [0.717, 1.165) is 18.6 Å².